The van der Waals surface area contributed by atoms with Crippen LogP contribution in [0.25, 0.3) is 23.2 Å². The fraction of sp³-hybridized carbons (Fsp3) is 0.357. The van der Waals surface area contributed by atoms with Crippen LogP contribution in [0.3, 0.4) is 0 Å². The molecule has 3 rings (SSSR count). The number of rotatable bonds is 2. The highest BCUT2D eigenvalue weighted by Gasteiger charge is 2.22. The molecule has 3 aromatic heterocycles. The maximum Gasteiger partial charge on any atom is 0.283 e. The summed E-state index contributed by atoms with van der Waals surface area (Å²) in [5.74, 6) is 2.74. The highest BCUT2D eigenvalue weighted by atomic mass is 16.5. The molecule has 104 valence electrons. The molecule has 0 aromatic carbocycles. The van der Waals surface area contributed by atoms with Crippen molar-refractivity contribution in [1.29, 1.82) is 0 Å². The maximum atomic E-state index is 5.56. The minimum absolute atomic E-state index is 0.119. The summed E-state index contributed by atoms with van der Waals surface area (Å²) in [6.45, 7) is 7.99. The maximum absolute atomic E-state index is 5.56. The monoisotopic (exact) mass is 273 g/mol. The predicted octanol–water partition coefficient (Wildman–Crippen LogP) is 3.59. The third-order valence-corrected chi connectivity index (χ3v) is 2.84. The van der Waals surface area contributed by atoms with Crippen LogP contribution in [0, 0.1) is 6.92 Å². The lowest BCUT2D eigenvalue weighted by Crippen LogP contribution is -2.09. The third-order valence-electron chi connectivity index (χ3n) is 2.84. The van der Waals surface area contributed by atoms with Gasteiger partial charge in [-0.25, -0.2) is 0 Å². The average Bonchev–Trinajstić information content (AvgIpc) is 3.06. The highest BCUT2D eigenvalue weighted by molar-refractivity contribution is 5.51. The van der Waals surface area contributed by atoms with Crippen molar-refractivity contribution in [3.63, 3.8) is 0 Å². The molecule has 0 spiro atoms. The SMILES string of the molecule is Cc1ccc(-c2nnc(-c3cc(C(C)(C)C)on3)o2)o1. The average molecular weight is 273 g/mol. The number of aryl methyl sites for hydroxylation is 1. The summed E-state index contributed by atoms with van der Waals surface area (Å²) in [5, 5.41) is 11.9. The summed E-state index contributed by atoms with van der Waals surface area (Å²) in [5.41, 5.74) is 0.406. The van der Waals surface area contributed by atoms with Crippen LogP contribution in [0.4, 0.5) is 0 Å². The van der Waals surface area contributed by atoms with Crippen LogP contribution in [0.15, 0.2) is 31.6 Å². The van der Waals surface area contributed by atoms with Crippen molar-refractivity contribution in [3.05, 3.63) is 29.7 Å². The Kier molecular flexibility index (Phi) is 2.74. The Balaban J connectivity index is 1.92. The molecule has 0 saturated heterocycles. The molecule has 0 fully saturated rings. The zero-order valence-electron chi connectivity index (χ0n) is 11.8. The number of aromatic nitrogens is 3. The zero-order valence-corrected chi connectivity index (χ0v) is 11.8. The predicted molar refractivity (Wildman–Crippen MR) is 70.9 cm³/mol. The molecule has 0 radical (unpaired) electrons. The van der Waals surface area contributed by atoms with Gasteiger partial charge in [0.25, 0.3) is 11.8 Å². The Morgan fingerprint density at radius 1 is 1.00 bits per heavy atom. The van der Waals surface area contributed by atoms with Crippen molar-refractivity contribution in [2.45, 2.75) is 33.1 Å². The smallest absolute Gasteiger partial charge is 0.283 e. The van der Waals surface area contributed by atoms with Crippen LogP contribution < -0.4 is 0 Å². The van der Waals surface area contributed by atoms with E-state index >= 15 is 0 Å². The minimum atomic E-state index is -0.119. The van der Waals surface area contributed by atoms with Crippen molar-refractivity contribution in [2.75, 3.05) is 0 Å². The molecule has 6 heteroatoms. The third kappa shape index (κ3) is 2.24. The van der Waals surface area contributed by atoms with Gasteiger partial charge < -0.3 is 13.4 Å². The van der Waals surface area contributed by atoms with E-state index in [9.17, 15) is 0 Å². The van der Waals surface area contributed by atoms with Crippen LogP contribution in [0.1, 0.15) is 32.3 Å². The lowest BCUT2D eigenvalue weighted by Gasteiger charge is -2.11. The standard InChI is InChI=1S/C14H15N3O3/c1-8-5-6-10(18-8)13-16-15-12(19-13)9-7-11(20-17-9)14(2,3)4/h5-7H,1-4H3. The second-order valence-electron chi connectivity index (χ2n) is 5.65. The molecular weight excluding hydrogens is 258 g/mol. The van der Waals surface area contributed by atoms with Crippen LogP contribution in [-0.2, 0) is 5.41 Å². The molecule has 0 saturated carbocycles. The van der Waals surface area contributed by atoms with E-state index < -0.39 is 0 Å². The Hall–Kier alpha value is -2.37. The van der Waals surface area contributed by atoms with E-state index in [-0.39, 0.29) is 5.41 Å². The zero-order chi connectivity index (χ0) is 14.3. The molecule has 0 aliphatic rings. The van der Waals surface area contributed by atoms with Crippen LogP contribution >= 0.6 is 0 Å². The first-order valence-corrected chi connectivity index (χ1v) is 6.31. The lowest BCUT2D eigenvalue weighted by molar-refractivity contribution is 0.329. The first-order valence-electron chi connectivity index (χ1n) is 6.31. The van der Waals surface area contributed by atoms with E-state index in [1.807, 2.05) is 39.8 Å². The van der Waals surface area contributed by atoms with Gasteiger partial charge in [0.1, 0.15) is 11.5 Å². The Labute approximate surface area is 115 Å². The van der Waals surface area contributed by atoms with Gasteiger partial charge in [0, 0.05) is 11.5 Å². The van der Waals surface area contributed by atoms with Gasteiger partial charge in [-0.2, -0.15) is 0 Å². The van der Waals surface area contributed by atoms with E-state index in [0.29, 0.717) is 23.2 Å². The van der Waals surface area contributed by atoms with Gasteiger partial charge in [-0.1, -0.05) is 25.9 Å². The molecule has 0 atom stereocenters. The van der Waals surface area contributed by atoms with Gasteiger partial charge in [0.05, 0.1) is 0 Å². The van der Waals surface area contributed by atoms with Gasteiger partial charge >= 0.3 is 0 Å². The second kappa shape index (κ2) is 4.33. The fourth-order valence-electron chi connectivity index (χ4n) is 1.71. The summed E-state index contributed by atoms with van der Waals surface area (Å²) in [6, 6.07) is 5.44. The Morgan fingerprint density at radius 2 is 1.75 bits per heavy atom. The second-order valence-corrected chi connectivity index (χ2v) is 5.65. The Bertz CT molecular complexity index is 731. The first kappa shape index (κ1) is 12.7. The van der Waals surface area contributed by atoms with E-state index in [2.05, 4.69) is 15.4 Å². The number of furan rings is 1. The van der Waals surface area contributed by atoms with Crippen molar-refractivity contribution >= 4 is 0 Å². The molecule has 0 amide bonds. The van der Waals surface area contributed by atoms with E-state index in [1.54, 1.807) is 6.07 Å². The van der Waals surface area contributed by atoms with Crippen LogP contribution in [0.2, 0.25) is 0 Å². The van der Waals surface area contributed by atoms with E-state index in [0.717, 1.165) is 11.5 Å². The van der Waals surface area contributed by atoms with Crippen molar-refractivity contribution in [1.82, 2.24) is 15.4 Å². The highest BCUT2D eigenvalue weighted by Crippen LogP contribution is 2.28. The first-order chi connectivity index (χ1) is 9.43. The van der Waals surface area contributed by atoms with Gasteiger partial charge in [0.2, 0.25) is 0 Å². The molecule has 3 aromatic rings. The van der Waals surface area contributed by atoms with E-state index in [4.69, 9.17) is 13.4 Å². The molecular formula is C14H15N3O3. The van der Waals surface area contributed by atoms with Crippen molar-refractivity contribution in [3.8, 4) is 23.2 Å². The summed E-state index contributed by atoms with van der Waals surface area (Å²) in [7, 11) is 0. The molecule has 3 heterocycles. The van der Waals surface area contributed by atoms with Gasteiger partial charge in [-0.15, -0.1) is 10.2 Å². The van der Waals surface area contributed by atoms with E-state index in [1.165, 1.54) is 0 Å². The number of hydrogen-bond acceptors (Lipinski definition) is 6. The molecule has 0 bridgehead atoms. The molecule has 0 aliphatic carbocycles. The van der Waals surface area contributed by atoms with Gasteiger partial charge in [-0.05, 0) is 19.1 Å². The fourth-order valence-corrected chi connectivity index (χ4v) is 1.71. The summed E-state index contributed by atoms with van der Waals surface area (Å²) >= 11 is 0. The normalized spacial score (nSPS) is 12.0. The molecule has 0 unspecified atom stereocenters. The summed E-state index contributed by atoms with van der Waals surface area (Å²) in [6.07, 6.45) is 0. The number of nitrogens with zero attached hydrogens (tertiary/aromatic N) is 3. The van der Waals surface area contributed by atoms with Gasteiger partial charge in [-0.3, -0.25) is 0 Å². The quantitative estimate of drug-likeness (QED) is 0.710. The van der Waals surface area contributed by atoms with Crippen LogP contribution in [-0.4, -0.2) is 15.4 Å². The number of hydrogen-bond donors (Lipinski definition) is 0. The van der Waals surface area contributed by atoms with Crippen molar-refractivity contribution < 1.29 is 13.4 Å². The topological polar surface area (TPSA) is 78.1 Å². The van der Waals surface area contributed by atoms with Crippen molar-refractivity contribution in [2.24, 2.45) is 0 Å². The minimum Gasteiger partial charge on any atom is -0.456 e. The lowest BCUT2D eigenvalue weighted by atomic mass is 9.93. The van der Waals surface area contributed by atoms with Gasteiger partial charge in [0.15, 0.2) is 11.5 Å². The molecule has 6 nitrogen and oxygen atoms in total. The Morgan fingerprint density at radius 3 is 2.35 bits per heavy atom. The van der Waals surface area contributed by atoms with Crippen LogP contribution in [0.5, 0.6) is 0 Å². The molecule has 0 N–H and O–H groups in total. The largest absolute Gasteiger partial charge is 0.456 e. The molecule has 20 heavy (non-hydrogen) atoms. The summed E-state index contributed by atoms with van der Waals surface area (Å²) < 4.78 is 16.3. The molecule has 0 aliphatic heterocycles. The summed E-state index contributed by atoms with van der Waals surface area (Å²) in [4.78, 5) is 0.